The van der Waals surface area contributed by atoms with Gasteiger partial charge in [-0.25, -0.2) is 0 Å². The number of nitrogens with one attached hydrogen (secondary N) is 2. The molecule has 2 aromatic carbocycles. The molecule has 0 aliphatic carbocycles. The van der Waals surface area contributed by atoms with Crippen LogP contribution in [0.2, 0.25) is 0 Å². The van der Waals surface area contributed by atoms with Crippen molar-refractivity contribution in [2.45, 2.75) is 32.6 Å². The number of carbonyl (C=O) groups excluding carboxylic acids is 2. The minimum atomic E-state index is -0.317. The van der Waals surface area contributed by atoms with E-state index >= 15 is 0 Å². The zero-order valence-corrected chi connectivity index (χ0v) is 17.0. The van der Waals surface area contributed by atoms with E-state index in [0.29, 0.717) is 30.3 Å². The molecule has 0 spiro atoms. The van der Waals surface area contributed by atoms with E-state index in [2.05, 4.69) is 29.6 Å². The predicted octanol–water partition coefficient (Wildman–Crippen LogP) is 4.37. The van der Waals surface area contributed by atoms with Gasteiger partial charge >= 0.3 is 0 Å². The maximum absolute atomic E-state index is 12.5. The largest absolute Gasteiger partial charge is 0.321 e. The van der Waals surface area contributed by atoms with E-state index in [1.165, 1.54) is 10.2 Å². The monoisotopic (exact) mass is 390 g/mol. The number of carbonyl (C=O) groups is 2. The smallest absolute Gasteiger partial charge is 0.276 e. The van der Waals surface area contributed by atoms with Gasteiger partial charge in [0.05, 0.1) is 0 Å². The summed E-state index contributed by atoms with van der Waals surface area (Å²) in [4.78, 5) is 24.7. The molecular formula is C23H26N4O2. The Kier molecular flexibility index (Phi) is 6.44. The first kappa shape index (κ1) is 20.3. The molecule has 0 atom stereocenters. The SMILES string of the molecule is CC(C)c1ccc(NC(=O)c2cc(NC(=O)CCc3ccccc3)n(C)n2)cc1. The maximum atomic E-state index is 12.5. The van der Waals surface area contributed by atoms with Crippen molar-refractivity contribution in [3.63, 3.8) is 0 Å². The molecular weight excluding hydrogens is 364 g/mol. The molecule has 0 unspecified atom stereocenters. The molecule has 0 bridgehead atoms. The van der Waals surface area contributed by atoms with Crippen LogP contribution in [0.5, 0.6) is 0 Å². The first-order chi connectivity index (χ1) is 13.9. The van der Waals surface area contributed by atoms with Gasteiger partial charge in [0.1, 0.15) is 5.82 Å². The molecule has 1 aromatic heterocycles. The summed E-state index contributed by atoms with van der Waals surface area (Å²) in [6.45, 7) is 4.24. The summed E-state index contributed by atoms with van der Waals surface area (Å²) in [5, 5.41) is 9.87. The van der Waals surface area contributed by atoms with Gasteiger partial charge < -0.3 is 10.6 Å². The number of hydrogen-bond donors (Lipinski definition) is 2. The van der Waals surface area contributed by atoms with Crippen LogP contribution in [0.15, 0.2) is 60.7 Å². The lowest BCUT2D eigenvalue weighted by molar-refractivity contribution is -0.116. The first-order valence-electron chi connectivity index (χ1n) is 9.71. The maximum Gasteiger partial charge on any atom is 0.276 e. The van der Waals surface area contributed by atoms with Crippen LogP contribution in [-0.2, 0) is 18.3 Å². The normalized spacial score (nSPS) is 10.8. The number of aromatic nitrogens is 2. The van der Waals surface area contributed by atoms with Gasteiger partial charge in [0.2, 0.25) is 5.91 Å². The minimum Gasteiger partial charge on any atom is -0.321 e. The Morgan fingerprint density at radius 2 is 1.69 bits per heavy atom. The van der Waals surface area contributed by atoms with E-state index in [1.54, 1.807) is 13.1 Å². The summed E-state index contributed by atoms with van der Waals surface area (Å²) in [7, 11) is 1.70. The Hall–Kier alpha value is -3.41. The van der Waals surface area contributed by atoms with Gasteiger partial charge in [-0.2, -0.15) is 5.10 Å². The summed E-state index contributed by atoms with van der Waals surface area (Å²) in [6.07, 6.45) is 1.02. The van der Waals surface area contributed by atoms with Crippen molar-refractivity contribution in [1.82, 2.24) is 9.78 Å². The van der Waals surface area contributed by atoms with Gasteiger partial charge in [-0.05, 0) is 35.6 Å². The molecule has 150 valence electrons. The standard InChI is InChI=1S/C23H26N4O2/c1-16(2)18-10-12-19(13-11-18)24-23(29)20-15-21(27(3)26-20)25-22(28)14-9-17-7-5-4-6-8-17/h4-8,10-13,15-16H,9,14H2,1-3H3,(H,24,29)(H,25,28). The van der Waals surface area contributed by atoms with Crippen LogP contribution in [0.4, 0.5) is 11.5 Å². The summed E-state index contributed by atoms with van der Waals surface area (Å²) in [6, 6.07) is 19.2. The van der Waals surface area contributed by atoms with Crippen molar-refractivity contribution in [1.29, 1.82) is 0 Å². The van der Waals surface area contributed by atoms with Crippen LogP contribution in [0.1, 0.15) is 47.8 Å². The second kappa shape index (κ2) is 9.19. The van der Waals surface area contributed by atoms with Gasteiger partial charge in [-0.1, -0.05) is 56.3 Å². The molecule has 3 rings (SSSR count). The molecule has 1 heterocycles. The Balaban J connectivity index is 1.58. The van der Waals surface area contributed by atoms with E-state index in [0.717, 1.165) is 5.56 Å². The molecule has 2 amide bonds. The van der Waals surface area contributed by atoms with Crippen molar-refractivity contribution in [2.24, 2.45) is 7.05 Å². The highest BCUT2D eigenvalue weighted by molar-refractivity contribution is 6.03. The minimum absolute atomic E-state index is 0.118. The molecule has 6 nitrogen and oxygen atoms in total. The number of amides is 2. The highest BCUT2D eigenvalue weighted by atomic mass is 16.2. The summed E-state index contributed by atoms with van der Waals surface area (Å²) in [5.41, 5.74) is 3.27. The zero-order chi connectivity index (χ0) is 20.8. The number of anilines is 2. The van der Waals surface area contributed by atoms with Crippen LogP contribution in [0.25, 0.3) is 0 Å². The fourth-order valence-electron chi connectivity index (χ4n) is 2.95. The Morgan fingerprint density at radius 3 is 2.34 bits per heavy atom. The number of aryl methyl sites for hydroxylation is 2. The van der Waals surface area contributed by atoms with Crippen molar-refractivity contribution in [3.8, 4) is 0 Å². The number of nitrogens with zero attached hydrogens (tertiary/aromatic N) is 2. The van der Waals surface area contributed by atoms with E-state index in [4.69, 9.17) is 0 Å². The lowest BCUT2D eigenvalue weighted by atomic mass is 10.0. The summed E-state index contributed by atoms with van der Waals surface area (Å²) in [5.74, 6) is 0.489. The van der Waals surface area contributed by atoms with E-state index in [9.17, 15) is 9.59 Å². The fraction of sp³-hybridized carbons (Fsp3) is 0.261. The van der Waals surface area contributed by atoms with Crippen molar-refractivity contribution >= 4 is 23.3 Å². The molecule has 0 saturated carbocycles. The Bertz CT molecular complexity index is 976. The van der Waals surface area contributed by atoms with E-state index < -0.39 is 0 Å². The lowest BCUT2D eigenvalue weighted by Crippen LogP contribution is -2.14. The van der Waals surface area contributed by atoms with Crippen LogP contribution in [0.3, 0.4) is 0 Å². The molecule has 2 N–H and O–H groups in total. The second-order valence-electron chi connectivity index (χ2n) is 7.30. The number of benzene rings is 2. The Labute approximate surface area is 170 Å². The summed E-state index contributed by atoms with van der Waals surface area (Å²) >= 11 is 0. The van der Waals surface area contributed by atoms with Crippen molar-refractivity contribution in [3.05, 3.63) is 77.5 Å². The molecule has 0 radical (unpaired) electrons. The fourth-order valence-corrected chi connectivity index (χ4v) is 2.95. The number of hydrogen-bond acceptors (Lipinski definition) is 3. The second-order valence-corrected chi connectivity index (χ2v) is 7.30. The highest BCUT2D eigenvalue weighted by Crippen LogP contribution is 2.18. The van der Waals surface area contributed by atoms with Crippen LogP contribution in [0, 0.1) is 0 Å². The molecule has 0 saturated heterocycles. The van der Waals surface area contributed by atoms with Crippen LogP contribution >= 0.6 is 0 Å². The highest BCUT2D eigenvalue weighted by Gasteiger charge is 2.15. The van der Waals surface area contributed by atoms with Crippen molar-refractivity contribution in [2.75, 3.05) is 10.6 Å². The Morgan fingerprint density at radius 1 is 1.00 bits per heavy atom. The third-order valence-corrected chi connectivity index (χ3v) is 4.70. The van der Waals surface area contributed by atoms with Crippen LogP contribution in [-0.4, -0.2) is 21.6 Å². The average Bonchev–Trinajstić information content (AvgIpc) is 3.08. The molecule has 0 aliphatic rings. The van der Waals surface area contributed by atoms with Crippen LogP contribution < -0.4 is 10.6 Å². The van der Waals surface area contributed by atoms with Gasteiger partial charge in [-0.3, -0.25) is 14.3 Å². The lowest BCUT2D eigenvalue weighted by Gasteiger charge is -2.07. The molecule has 3 aromatic rings. The molecule has 0 fully saturated rings. The zero-order valence-electron chi connectivity index (χ0n) is 17.0. The first-order valence-corrected chi connectivity index (χ1v) is 9.71. The van der Waals surface area contributed by atoms with Gasteiger partial charge in [0.15, 0.2) is 5.69 Å². The topological polar surface area (TPSA) is 76.0 Å². The average molecular weight is 390 g/mol. The number of rotatable bonds is 7. The third-order valence-electron chi connectivity index (χ3n) is 4.70. The van der Waals surface area contributed by atoms with E-state index in [-0.39, 0.29) is 17.5 Å². The summed E-state index contributed by atoms with van der Waals surface area (Å²) < 4.78 is 1.50. The molecule has 29 heavy (non-hydrogen) atoms. The predicted molar refractivity (Wildman–Crippen MR) is 115 cm³/mol. The van der Waals surface area contributed by atoms with Gasteiger partial charge in [0, 0.05) is 25.2 Å². The van der Waals surface area contributed by atoms with Gasteiger partial charge in [0.25, 0.3) is 5.91 Å². The molecule has 0 aliphatic heterocycles. The quantitative estimate of drug-likeness (QED) is 0.629. The third kappa shape index (κ3) is 5.54. The van der Waals surface area contributed by atoms with E-state index in [1.807, 2.05) is 54.6 Å². The molecule has 6 heteroatoms. The van der Waals surface area contributed by atoms with Crippen molar-refractivity contribution < 1.29 is 9.59 Å². The van der Waals surface area contributed by atoms with Gasteiger partial charge in [-0.15, -0.1) is 0 Å².